The van der Waals surface area contributed by atoms with Crippen molar-refractivity contribution in [3.8, 4) is 5.75 Å². The summed E-state index contributed by atoms with van der Waals surface area (Å²) in [5, 5.41) is 15.5. The summed E-state index contributed by atoms with van der Waals surface area (Å²) in [5.41, 5.74) is 3.75. The molecule has 0 atom stereocenters. The molecule has 1 aromatic heterocycles. The standard InChI is InChI=1S/C23H16FN3O4S/c24-18-6-3-4-15(10-18)14-31-20-7-2-1-5-16(20)13-25-26-23(28)22-12-17-11-19(27(29)30)8-9-21(17)32-22/h1-13H,14H2,(H,26,28). The van der Waals surface area contributed by atoms with Crippen LogP contribution in [0, 0.1) is 15.9 Å². The number of para-hydroxylation sites is 1. The Hall–Kier alpha value is -4.11. The van der Waals surface area contributed by atoms with Crippen LogP contribution in [0.25, 0.3) is 10.1 Å². The van der Waals surface area contributed by atoms with Gasteiger partial charge in [0.2, 0.25) is 0 Å². The summed E-state index contributed by atoms with van der Waals surface area (Å²) < 4.78 is 19.9. The molecule has 1 N–H and O–H groups in total. The minimum absolute atomic E-state index is 0.0323. The molecule has 32 heavy (non-hydrogen) atoms. The molecule has 160 valence electrons. The van der Waals surface area contributed by atoms with Gasteiger partial charge in [0.25, 0.3) is 11.6 Å². The molecule has 3 aromatic carbocycles. The number of amides is 1. The zero-order valence-electron chi connectivity index (χ0n) is 16.5. The Labute approximate surface area is 185 Å². The predicted molar refractivity (Wildman–Crippen MR) is 121 cm³/mol. The number of nitrogens with zero attached hydrogens (tertiary/aromatic N) is 2. The third kappa shape index (κ3) is 4.96. The van der Waals surface area contributed by atoms with Crippen LogP contribution in [0.2, 0.25) is 0 Å². The zero-order valence-corrected chi connectivity index (χ0v) is 17.3. The lowest BCUT2D eigenvalue weighted by Crippen LogP contribution is -2.16. The van der Waals surface area contributed by atoms with Crippen molar-refractivity contribution in [1.29, 1.82) is 0 Å². The van der Waals surface area contributed by atoms with Crippen LogP contribution in [0.3, 0.4) is 0 Å². The lowest BCUT2D eigenvalue weighted by atomic mass is 10.2. The molecule has 9 heteroatoms. The van der Waals surface area contributed by atoms with Crippen LogP contribution in [-0.4, -0.2) is 17.0 Å². The molecule has 4 rings (SSSR count). The number of hydrogen-bond acceptors (Lipinski definition) is 6. The van der Waals surface area contributed by atoms with Crippen LogP contribution >= 0.6 is 11.3 Å². The molecule has 0 spiro atoms. The molecule has 0 radical (unpaired) electrons. The molecule has 1 heterocycles. The maximum Gasteiger partial charge on any atom is 0.281 e. The van der Waals surface area contributed by atoms with E-state index in [9.17, 15) is 19.3 Å². The summed E-state index contributed by atoms with van der Waals surface area (Å²) in [5.74, 6) is -0.230. The maximum absolute atomic E-state index is 13.3. The highest BCUT2D eigenvalue weighted by molar-refractivity contribution is 7.20. The van der Waals surface area contributed by atoms with E-state index in [-0.39, 0.29) is 18.1 Å². The second-order valence-electron chi connectivity index (χ2n) is 6.75. The van der Waals surface area contributed by atoms with Crippen LogP contribution in [-0.2, 0) is 6.61 Å². The Balaban J connectivity index is 1.43. The molecule has 0 bridgehead atoms. The largest absolute Gasteiger partial charge is 0.488 e. The summed E-state index contributed by atoms with van der Waals surface area (Å²) in [6.45, 7) is 0.183. The van der Waals surface area contributed by atoms with Crippen LogP contribution in [0.15, 0.2) is 77.9 Å². The van der Waals surface area contributed by atoms with E-state index in [0.29, 0.717) is 27.1 Å². The van der Waals surface area contributed by atoms with Gasteiger partial charge < -0.3 is 4.74 Å². The summed E-state index contributed by atoms with van der Waals surface area (Å²) in [4.78, 5) is 23.3. The fourth-order valence-electron chi connectivity index (χ4n) is 2.98. The quantitative estimate of drug-likeness (QED) is 0.236. The Kier molecular flexibility index (Phi) is 6.18. The third-order valence-electron chi connectivity index (χ3n) is 4.51. The van der Waals surface area contributed by atoms with Crippen molar-refractivity contribution < 1.29 is 18.8 Å². The second-order valence-corrected chi connectivity index (χ2v) is 7.83. The lowest BCUT2D eigenvalue weighted by molar-refractivity contribution is -0.384. The van der Waals surface area contributed by atoms with Crippen molar-refractivity contribution in [1.82, 2.24) is 5.43 Å². The summed E-state index contributed by atoms with van der Waals surface area (Å²) in [6, 6.07) is 19.3. The first-order chi connectivity index (χ1) is 15.5. The van der Waals surface area contributed by atoms with E-state index in [4.69, 9.17) is 4.74 Å². The van der Waals surface area contributed by atoms with Crippen molar-refractivity contribution in [3.05, 3.63) is 105 Å². The number of hydrogen-bond donors (Lipinski definition) is 1. The van der Waals surface area contributed by atoms with Crippen LogP contribution in [0.5, 0.6) is 5.75 Å². The highest BCUT2D eigenvalue weighted by Crippen LogP contribution is 2.29. The zero-order chi connectivity index (χ0) is 22.5. The lowest BCUT2D eigenvalue weighted by Gasteiger charge is -2.09. The number of hydrazone groups is 1. The van der Waals surface area contributed by atoms with E-state index in [0.717, 1.165) is 4.70 Å². The number of nitro groups is 1. The fraction of sp³-hybridized carbons (Fsp3) is 0.0435. The molecule has 0 unspecified atom stereocenters. The van der Waals surface area contributed by atoms with E-state index in [1.165, 1.54) is 41.8 Å². The van der Waals surface area contributed by atoms with Crippen LogP contribution in [0.1, 0.15) is 20.8 Å². The Morgan fingerprint density at radius 1 is 1.12 bits per heavy atom. The molecule has 1 amide bonds. The Morgan fingerprint density at radius 3 is 2.78 bits per heavy atom. The van der Waals surface area contributed by atoms with E-state index in [1.807, 2.05) is 0 Å². The van der Waals surface area contributed by atoms with Gasteiger partial charge >= 0.3 is 0 Å². The molecule has 0 saturated carbocycles. The monoisotopic (exact) mass is 449 g/mol. The Bertz CT molecular complexity index is 1340. The van der Waals surface area contributed by atoms with Crippen molar-refractivity contribution in [3.63, 3.8) is 0 Å². The number of halogens is 1. The fourth-order valence-corrected chi connectivity index (χ4v) is 3.91. The summed E-state index contributed by atoms with van der Waals surface area (Å²) in [6.07, 6.45) is 1.46. The average molecular weight is 449 g/mol. The van der Waals surface area contributed by atoms with Crippen LogP contribution in [0.4, 0.5) is 10.1 Å². The first-order valence-electron chi connectivity index (χ1n) is 9.47. The number of nitrogens with one attached hydrogen (secondary N) is 1. The summed E-state index contributed by atoms with van der Waals surface area (Å²) >= 11 is 1.22. The Morgan fingerprint density at radius 2 is 1.97 bits per heavy atom. The third-order valence-corrected chi connectivity index (χ3v) is 5.62. The summed E-state index contributed by atoms with van der Waals surface area (Å²) in [7, 11) is 0. The molecular weight excluding hydrogens is 433 g/mol. The number of thiophene rings is 1. The van der Waals surface area contributed by atoms with Crippen LogP contribution < -0.4 is 10.2 Å². The van der Waals surface area contributed by atoms with Crippen molar-refractivity contribution in [2.75, 3.05) is 0 Å². The normalized spacial score (nSPS) is 11.0. The number of rotatable bonds is 7. The smallest absolute Gasteiger partial charge is 0.281 e. The van der Waals surface area contributed by atoms with Crippen molar-refractivity contribution in [2.24, 2.45) is 5.10 Å². The highest BCUT2D eigenvalue weighted by Gasteiger charge is 2.13. The minimum Gasteiger partial charge on any atom is -0.488 e. The number of carbonyl (C=O) groups is 1. The number of carbonyl (C=O) groups excluding carboxylic acids is 1. The molecule has 0 aliphatic heterocycles. The number of benzene rings is 3. The highest BCUT2D eigenvalue weighted by atomic mass is 32.1. The topological polar surface area (TPSA) is 93.8 Å². The van der Waals surface area contributed by atoms with Gasteiger partial charge in [-0.15, -0.1) is 11.3 Å². The molecule has 7 nitrogen and oxygen atoms in total. The van der Waals surface area contributed by atoms with Gasteiger partial charge in [-0.05, 0) is 42.0 Å². The van der Waals surface area contributed by atoms with Crippen molar-refractivity contribution >= 4 is 39.2 Å². The van der Waals surface area contributed by atoms with Gasteiger partial charge in [-0.2, -0.15) is 5.10 Å². The molecule has 0 aliphatic rings. The minimum atomic E-state index is -0.477. The van der Waals surface area contributed by atoms with Crippen molar-refractivity contribution in [2.45, 2.75) is 6.61 Å². The predicted octanol–water partition coefficient (Wildman–Crippen LogP) is 5.29. The van der Waals surface area contributed by atoms with E-state index in [2.05, 4.69) is 10.5 Å². The molecule has 0 saturated heterocycles. The van der Waals surface area contributed by atoms with Gasteiger partial charge in [0, 0.05) is 27.8 Å². The van der Waals surface area contributed by atoms with E-state index in [1.54, 1.807) is 48.5 Å². The SMILES string of the molecule is O=C(NN=Cc1ccccc1OCc1cccc(F)c1)c1cc2cc([N+](=O)[O-])ccc2s1. The molecule has 4 aromatic rings. The first kappa shape index (κ1) is 21.1. The van der Waals surface area contributed by atoms with Gasteiger partial charge in [0.1, 0.15) is 18.2 Å². The molecule has 0 aliphatic carbocycles. The van der Waals surface area contributed by atoms with E-state index < -0.39 is 10.8 Å². The molecule has 0 fully saturated rings. The maximum atomic E-state index is 13.3. The van der Waals surface area contributed by atoms with Gasteiger partial charge in [0.15, 0.2) is 0 Å². The van der Waals surface area contributed by atoms with Gasteiger partial charge in [-0.3, -0.25) is 14.9 Å². The average Bonchev–Trinajstić information content (AvgIpc) is 3.22. The number of non-ortho nitro benzene ring substituents is 1. The van der Waals surface area contributed by atoms with Gasteiger partial charge in [-0.25, -0.2) is 9.82 Å². The number of nitro benzene ring substituents is 1. The molecular formula is C23H16FN3O4S. The van der Waals surface area contributed by atoms with Gasteiger partial charge in [-0.1, -0.05) is 24.3 Å². The van der Waals surface area contributed by atoms with E-state index >= 15 is 0 Å². The second kappa shape index (κ2) is 9.36. The van der Waals surface area contributed by atoms with Gasteiger partial charge in [0.05, 0.1) is 16.0 Å². The number of fused-ring (bicyclic) bond motifs is 1. The first-order valence-corrected chi connectivity index (χ1v) is 10.3. The number of ether oxygens (including phenoxy) is 1.